The molecule has 4 aromatic carbocycles. The lowest BCUT2D eigenvalue weighted by molar-refractivity contribution is 0.777. The third-order valence-corrected chi connectivity index (χ3v) is 8.96. The summed E-state index contributed by atoms with van der Waals surface area (Å²) in [7, 11) is 1.95. The highest BCUT2D eigenvalue weighted by Gasteiger charge is 2.20. The average molecular weight is 650 g/mol. The van der Waals surface area contributed by atoms with Gasteiger partial charge in [-0.25, -0.2) is 9.67 Å². The van der Waals surface area contributed by atoms with Crippen molar-refractivity contribution in [1.82, 2.24) is 14.8 Å². The van der Waals surface area contributed by atoms with Crippen LogP contribution in [0, 0.1) is 0 Å². The zero-order valence-corrected chi connectivity index (χ0v) is 28.9. The maximum Gasteiger partial charge on any atom is 0.181 e. The summed E-state index contributed by atoms with van der Waals surface area (Å²) >= 11 is 0. The van der Waals surface area contributed by atoms with Gasteiger partial charge in [-0.2, -0.15) is 5.10 Å². The lowest BCUT2D eigenvalue weighted by atomic mass is 9.82. The molecule has 246 valence electrons. The van der Waals surface area contributed by atoms with Gasteiger partial charge < -0.3 is 0 Å². The third kappa shape index (κ3) is 8.14. The number of hydrogen-bond acceptors (Lipinski definition) is 2. The largest absolute Gasteiger partial charge is 0.248 e. The van der Waals surface area contributed by atoms with E-state index in [4.69, 9.17) is 10.1 Å². The summed E-state index contributed by atoms with van der Waals surface area (Å²) in [6.45, 7) is 9.07. The standard InChI is InChI=1S/C40H33N3.C7H10/c1-43-40(30-16-6-3-7-17-30)41-39(42-43)36-23-13-21-33(28-36)32-20-12-22-35(27-32)38-25-11-10-24-37(38)34-19-9-8-18-31(26-34)29-14-4-2-5-15-29;1-4-6-7(3)5-2/h2-21,23-25,27-28,35H,22,26H2,1H3;4-6H,1-2H2,3H3/b;7-6-. The predicted octanol–water partition coefficient (Wildman–Crippen LogP) is 12.0. The summed E-state index contributed by atoms with van der Waals surface area (Å²) in [5.41, 5.74) is 12.3. The van der Waals surface area contributed by atoms with Crippen LogP contribution in [0.15, 0.2) is 189 Å². The van der Waals surface area contributed by atoms with Gasteiger partial charge in [0.15, 0.2) is 11.6 Å². The van der Waals surface area contributed by atoms with Crippen molar-refractivity contribution < 1.29 is 0 Å². The number of nitrogens with zero attached hydrogens (tertiary/aromatic N) is 3. The van der Waals surface area contributed by atoms with Crippen molar-refractivity contribution in [3.8, 4) is 22.8 Å². The molecule has 0 fully saturated rings. The normalized spacial score (nSPS) is 15.5. The zero-order chi connectivity index (χ0) is 34.7. The summed E-state index contributed by atoms with van der Waals surface area (Å²) in [5, 5.41) is 4.76. The van der Waals surface area contributed by atoms with E-state index in [0.29, 0.717) is 0 Å². The van der Waals surface area contributed by atoms with Crippen LogP contribution in [0.5, 0.6) is 0 Å². The number of benzene rings is 4. The van der Waals surface area contributed by atoms with Crippen LogP contribution in [-0.2, 0) is 7.05 Å². The second-order valence-corrected chi connectivity index (χ2v) is 12.4. The molecular weight excluding hydrogens is 607 g/mol. The van der Waals surface area contributed by atoms with E-state index in [9.17, 15) is 0 Å². The van der Waals surface area contributed by atoms with Crippen LogP contribution in [0.25, 0.3) is 39.5 Å². The van der Waals surface area contributed by atoms with Gasteiger partial charge in [-0.05, 0) is 64.8 Å². The van der Waals surface area contributed by atoms with E-state index in [2.05, 4.69) is 147 Å². The molecule has 0 amide bonds. The smallest absolute Gasteiger partial charge is 0.181 e. The van der Waals surface area contributed by atoms with Crippen LogP contribution in [0.2, 0.25) is 0 Å². The molecule has 0 bridgehead atoms. The van der Waals surface area contributed by atoms with Crippen molar-refractivity contribution in [1.29, 1.82) is 0 Å². The van der Waals surface area contributed by atoms with Crippen LogP contribution < -0.4 is 0 Å². The highest BCUT2D eigenvalue weighted by molar-refractivity contribution is 5.84. The molecule has 5 aromatic rings. The molecule has 1 heterocycles. The van der Waals surface area contributed by atoms with Gasteiger partial charge in [-0.15, -0.1) is 0 Å². The fourth-order valence-electron chi connectivity index (χ4n) is 6.34. The van der Waals surface area contributed by atoms with Crippen LogP contribution in [0.3, 0.4) is 0 Å². The first-order valence-corrected chi connectivity index (χ1v) is 17.1. The van der Waals surface area contributed by atoms with Gasteiger partial charge >= 0.3 is 0 Å². The van der Waals surface area contributed by atoms with Crippen molar-refractivity contribution >= 4 is 16.7 Å². The molecule has 0 spiro atoms. The molecule has 7 rings (SSSR count). The van der Waals surface area contributed by atoms with Gasteiger partial charge in [0.05, 0.1) is 0 Å². The second kappa shape index (κ2) is 16.4. The molecule has 0 aliphatic heterocycles. The van der Waals surface area contributed by atoms with Crippen molar-refractivity contribution in [2.45, 2.75) is 25.7 Å². The van der Waals surface area contributed by atoms with Gasteiger partial charge in [0.25, 0.3) is 0 Å². The van der Waals surface area contributed by atoms with Gasteiger partial charge in [0.1, 0.15) is 0 Å². The molecule has 3 nitrogen and oxygen atoms in total. The Hall–Kier alpha value is -6.06. The molecule has 3 heteroatoms. The molecule has 50 heavy (non-hydrogen) atoms. The zero-order valence-electron chi connectivity index (χ0n) is 28.9. The number of allylic oxidation sites excluding steroid dienone is 14. The number of hydrogen-bond donors (Lipinski definition) is 0. The molecule has 1 atom stereocenters. The maximum absolute atomic E-state index is 4.90. The van der Waals surface area contributed by atoms with Crippen LogP contribution >= 0.6 is 0 Å². The monoisotopic (exact) mass is 649 g/mol. The van der Waals surface area contributed by atoms with Gasteiger partial charge in [-0.1, -0.05) is 183 Å². The first-order valence-electron chi connectivity index (χ1n) is 17.1. The fraction of sp³-hybridized carbons (Fsp3) is 0.106. The van der Waals surface area contributed by atoms with Gasteiger partial charge in [0.2, 0.25) is 0 Å². The minimum Gasteiger partial charge on any atom is -0.248 e. The summed E-state index contributed by atoms with van der Waals surface area (Å²) in [6, 6.07) is 38.4. The summed E-state index contributed by atoms with van der Waals surface area (Å²) < 4.78 is 1.86. The van der Waals surface area contributed by atoms with E-state index in [1.807, 2.05) is 42.9 Å². The Labute approximate surface area is 297 Å². The average Bonchev–Trinajstić information content (AvgIpc) is 3.40. The minimum atomic E-state index is 0.287. The molecule has 0 N–H and O–H groups in total. The predicted molar refractivity (Wildman–Crippen MR) is 213 cm³/mol. The lowest BCUT2D eigenvalue weighted by Gasteiger charge is -2.22. The van der Waals surface area contributed by atoms with E-state index in [1.165, 1.54) is 39.0 Å². The molecule has 1 unspecified atom stereocenters. The Morgan fingerprint density at radius 1 is 0.760 bits per heavy atom. The lowest BCUT2D eigenvalue weighted by Crippen LogP contribution is -2.03. The van der Waals surface area contributed by atoms with Crippen molar-refractivity contribution in [2.75, 3.05) is 0 Å². The number of rotatable bonds is 8. The van der Waals surface area contributed by atoms with E-state index >= 15 is 0 Å². The third-order valence-electron chi connectivity index (χ3n) is 8.96. The molecule has 2 aliphatic carbocycles. The summed E-state index contributed by atoms with van der Waals surface area (Å²) in [6.07, 6.45) is 23.2. The topological polar surface area (TPSA) is 30.7 Å². The quantitative estimate of drug-likeness (QED) is 0.157. The fourth-order valence-corrected chi connectivity index (χ4v) is 6.34. The van der Waals surface area contributed by atoms with Crippen LogP contribution in [-0.4, -0.2) is 14.8 Å². The Kier molecular flexibility index (Phi) is 11.1. The van der Waals surface area contributed by atoms with Crippen LogP contribution in [0.1, 0.15) is 47.9 Å². The molecule has 2 aliphatic rings. The first kappa shape index (κ1) is 33.8. The Morgan fingerprint density at radius 3 is 2.14 bits per heavy atom. The van der Waals surface area contributed by atoms with Crippen molar-refractivity contribution in [3.05, 3.63) is 211 Å². The van der Waals surface area contributed by atoms with E-state index in [1.54, 1.807) is 12.2 Å². The molecular formula is C47H43N3. The SMILES string of the molecule is C=C/C=C(/C)C=C.Cn1nc(-c2cccc(C3=CC(c4ccccc4C4=CC=CC=C(c5ccccc5)C4)CC=C3)c2)nc1-c1ccccc1. The summed E-state index contributed by atoms with van der Waals surface area (Å²) in [5.74, 6) is 1.89. The van der Waals surface area contributed by atoms with E-state index < -0.39 is 0 Å². The molecule has 0 saturated carbocycles. The second-order valence-electron chi connectivity index (χ2n) is 12.4. The maximum atomic E-state index is 4.90. The van der Waals surface area contributed by atoms with Gasteiger partial charge in [0, 0.05) is 24.1 Å². The highest BCUT2D eigenvalue weighted by atomic mass is 15.3. The Bertz CT molecular complexity index is 2150. The Morgan fingerprint density at radius 2 is 1.42 bits per heavy atom. The van der Waals surface area contributed by atoms with Crippen molar-refractivity contribution in [2.24, 2.45) is 7.05 Å². The van der Waals surface area contributed by atoms with Crippen LogP contribution in [0.4, 0.5) is 0 Å². The summed E-state index contributed by atoms with van der Waals surface area (Å²) in [4.78, 5) is 4.90. The minimum absolute atomic E-state index is 0.287. The highest BCUT2D eigenvalue weighted by Crippen LogP contribution is 2.39. The molecule has 1 aromatic heterocycles. The Balaban J connectivity index is 0.000000561. The van der Waals surface area contributed by atoms with Crippen molar-refractivity contribution in [3.63, 3.8) is 0 Å². The molecule has 0 saturated heterocycles. The van der Waals surface area contributed by atoms with Gasteiger partial charge in [-0.3, -0.25) is 0 Å². The van der Waals surface area contributed by atoms with E-state index in [0.717, 1.165) is 41.2 Å². The molecule has 0 radical (unpaired) electrons. The van der Waals surface area contributed by atoms with E-state index in [-0.39, 0.29) is 5.92 Å². The number of aryl methyl sites for hydroxylation is 1. The first-order chi connectivity index (χ1) is 24.5. The number of aromatic nitrogens is 3.